The molecule has 0 aliphatic heterocycles. The van der Waals surface area contributed by atoms with Crippen LogP contribution >= 0.6 is 0 Å². The second-order valence-corrected chi connectivity index (χ2v) is 6.66. The Morgan fingerprint density at radius 3 is 2.23 bits per heavy atom. The molecule has 0 spiro atoms. The summed E-state index contributed by atoms with van der Waals surface area (Å²) in [6, 6.07) is 13.9. The fourth-order valence-electron chi connectivity index (χ4n) is 2.48. The molecule has 5 nitrogen and oxygen atoms in total. The van der Waals surface area contributed by atoms with Gasteiger partial charge in [-0.1, -0.05) is 38.1 Å². The Morgan fingerprint density at radius 2 is 1.62 bits per heavy atom. The summed E-state index contributed by atoms with van der Waals surface area (Å²) in [6.07, 6.45) is 0.469. The summed E-state index contributed by atoms with van der Waals surface area (Å²) in [5.41, 5.74) is 2.68. The largest absolute Gasteiger partial charge is 0.348 e. The Kier molecular flexibility index (Phi) is 6.67. The lowest BCUT2D eigenvalue weighted by molar-refractivity contribution is -0.116. The summed E-state index contributed by atoms with van der Waals surface area (Å²) in [5, 5.41) is 5.71. The van der Waals surface area contributed by atoms with Gasteiger partial charge >= 0.3 is 0 Å². The van der Waals surface area contributed by atoms with E-state index < -0.39 is 0 Å². The molecule has 0 aromatic heterocycles. The quantitative estimate of drug-likeness (QED) is 0.744. The standard InChI is InChI=1S/C21H24N2O3/c1-14(2)11-20(25)23-19-6-4-5-16(12-19)13-22-21(26)18-9-7-17(8-10-18)15(3)24/h4-10,12,14H,11,13H2,1-3H3,(H,22,26)(H,23,25). The van der Waals surface area contributed by atoms with Crippen LogP contribution in [0.3, 0.4) is 0 Å². The van der Waals surface area contributed by atoms with Crippen molar-refractivity contribution in [2.24, 2.45) is 5.92 Å². The van der Waals surface area contributed by atoms with Gasteiger partial charge in [0.2, 0.25) is 5.91 Å². The van der Waals surface area contributed by atoms with Crippen molar-refractivity contribution < 1.29 is 14.4 Å². The van der Waals surface area contributed by atoms with Gasteiger partial charge in [-0.05, 0) is 42.7 Å². The Hall–Kier alpha value is -2.95. The van der Waals surface area contributed by atoms with Gasteiger partial charge in [0.15, 0.2) is 5.78 Å². The number of hydrogen-bond donors (Lipinski definition) is 2. The predicted octanol–water partition coefficient (Wildman–Crippen LogP) is 3.80. The van der Waals surface area contributed by atoms with Crippen LogP contribution in [0.2, 0.25) is 0 Å². The number of amides is 2. The summed E-state index contributed by atoms with van der Waals surface area (Å²) in [6.45, 7) is 5.83. The first-order valence-corrected chi connectivity index (χ1v) is 8.63. The van der Waals surface area contributed by atoms with Crippen LogP contribution in [0.5, 0.6) is 0 Å². The molecule has 0 saturated heterocycles. The van der Waals surface area contributed by atoms with Crippen molar-refractivity contribution >= 4 is 23.3 Å². The molecule has 0 bridgehead atoms. The van der Waals surface area contributed by atoms with E-state index in [0.29, 0.717) is 35.7 Å². The van der Waals surface area contributed by atoms with Gasteiger partial charge in [-0.2, -0.15) is 0 Å². The summed E-state index contributed by atoms with van der Waals surface area (Å²) in [4.78, 5) is 35.3. The maximum absolute atomic E-state index is 12.2. The van der Waals surface area contributed by atoms with Crippen LogP contribution in [-0.4, -0.2) is 17.6 Å². The molecule has 5 heteroatoms. The lowest BCUT2D eigenvalue weighted by atomic mass is 10.1. The first-order chi connectivity index (χ1) is 12.3. The van der Waals surface area contributed by atoms with E-state index in [1.807, 2.05) is 38.1 Å². The number of rotatable bonds is 7. The van der Waals surface area contributed by atoms with E-state index >= 15 is 0 Å². The molecule has 0 fully saturated rings. The van der Waals surface area contributed by atoms with Gasteiger partial charge in [0, 0.05) is 29.8 Å². The van der Waals surface area contributed by atoms with Gasteiger partial charge in [0.1, 0.15) is 0 Å². The number of nitrogens with one attached hydrogen (secondary N) is 2. The average Bonchev–Trinajstić information content (AvgIpc) is 2.59. The fraction of sp³-hybridized carbons (Fsp3) is 0.286. The zero-order valence-corrected chi connectivity index (χ0v) is 15.3. The third-order valence-corrected chi connectivity index (χ3v) is 3.81. The zero-order chi connectivity index (χ0) is 19.1. The summed E-state index contributed by atoms with van der Waals surface area (Å²) < 4.78 is 0. The molecule has 0 radical (unpaired) electrons. The Balaban J connectivity index is 1.94. The molecule has 2 rings (SSSR count). The highest BCUT2D eigenvalue weighted by atomic mass is 16.2. The molecule has 0 heterocycles. The van der Waals surface area contributed by atoms with E-state index in [2.05, 4.69) is 10.6 Å². The van der Waals surface area contributed by atoms with E-state index in [0.717, 1.165) is 5.56 Å². The van der Waals surface area contributed by atoms with E-state index in [9.17, 15) is 14.4 Å². The van der Waals surface area contributed by atoms with Crippen LogP contribution in [0.4, 0.5) is 5.69 Å². The number of hydrogen-bond acceptors (Lipinski definition) is 3. The number of Topliss-reactive ketones (excluding diaryl/α,β-unsaturated/α-hetero) is 1. The fourth-order valence-corrected chi connectivity index (χ4v) is 2.48. The van der Waals surface area contributed by atoms with Crippen LogP contribution in [-0.2, 0) is 11.3 Å². The van der Waals surface area contributed by atoms with Crippen LogP contribution in [0.1, 0.15) is 53.5 Å². The molecular formula is C21H24N2O3. The number of anilines is 1. The van der Waals surface area contributed by atoms with Crippen molar-refractivity contribution in [1.82, 2.24) is 5.32 Å². The number of benzene rings is 2. The third-order valence-electron chi connectivity index (χ3n) is 3.81. The van der Waals surface area contributed by atoms with Crippen LogP contribution in [0.25, 0.3) is 0 Å². The molecule has 2 N–H and O–H groups in total. The molecule has 2 aromatic rings. The lowest BCUT2D eigenvalue weighted by Crippen LogP contribution is -2.23. The highest BCUT2D eigenvalue weighted by Crippen LogP contribution is 2.13. The molecule has 2 aromatic carbocycles. The second kappa shape index (κ2) is 8.94. The van der Waals surface area contributed by atoms with Crippen LogP contribution < -0.4 is 10.6 Å². The molecule has 0 atom stereocenters. The van der Waals surface area contributed by atoms with Gasteiger partial charge in [-0.3, -0.25) is 14.4 Å². The summed E-state index contributed by atoms with van der Waals surface area (Å²) in [5.74, 6) is 0.0289. The SMILES string of the molecule is CC(=O)c1ccc(C(=O)NCc2cccc(NC(=O)CC(C)C)c2)cc1. The highest BCUT2D eigenvalue weighted by Gasteiger charge is 2.08. The van der Waals surface area contributed by atoms with E-state index in [1.54, 1.807) is 24.3 Å². The second-order valence-electron chi connectivity index (χ2n) is 6.66. The molecular weight excluding hydrogens is 328 g/mol. The minimum Gasteiger partial charge on any atom is -0.348 e. The van der Waals surface area contributed by atoms with Crippen molar-refractivity contribution in [1.29, 1.82) is 0 Å². The van der Waals surface area contributed by atoms with E-state index in [4.69, 9.17) is 0 Å². The van der Waals surface area contributed by atoms with Crippen LogP contribution in [0.15, 0.2) is 48.5 Å². The van der Waals surface area contributed by atoms with E-state index in [-0.39, 0.29) is 17.6 Å². The summed E-state index contributed by atoms with van der Waals surface area (Å²) in [7, 11) is 0. The van der Waals surface area contributed by atoms with Gasteiger partial charge in [0.05, 0.1) is 0 Å². The normalized spacial score (nSPS) is 10.5. The van der Waals surface area contributed by atoms with Gasteiger partial charge < -0.3 is 10.6 Å². The maximum Gasteiger partial charge on any atom is 0.251 e. The lowest BCUT2D eigenvalue weighted by Gasteiger charge is -2.10. The van der Waals surface area contributed by atoms with Crippen molar-refractivity contribution in [3.05, 3.63) is 65.2 Å². The number of ketones is 1. The monoisotopic (exact) mass is 352 g/mol. The van der Waals surface area contributed by atoms with E-state index in [1.165, 1.54) is 6.92 Å². The maximum atomic E-state index is 12.2. The smallest absolute Gasteiger partial charge is 0.251 e. The molecule has 0 aliphatic rings. The van der Waals surface area contributed by atoms with Crippen molar-refractivity contribution in [2.75, 3.05) is 5.32 Å². The Bertz CT molecular complexity index is 795. The van der Waals surface area contributed by atoms with Gasteiger partial charge in [0.25, 0.3) is 5.91 Å². The van der Waals surface area contributed by atoms with Crippen molar-refractivity contribution in [3.63, 3.8) is 0 Å². The predicted molar refractivity (Wildman–Crippen MR) is 102 cm³/mol. The topological polar surface area (TPSA) is 75.3 Å². The van der Waals surface area contributed by atoms with Crippen LogP contribution in [0, 0.1) is 5.92 Å². The Morgan fingerprint density at radius 1 is 0.962 bits per heavy atom. The zero-order valence-electron chi connectivity index (χ0n) is 15.3. The molecule has 2 amide bonds. The molecule has 0 aliphatic carbocycles. The first-order valence-electron chi connectivity index (χ1n) is 8.63. The molecule has 0 saturated carbocycles. The Labute approximate surface area is 153 Å². The average molecular weight is 352 g/mol. The van der Waals surface area contributed by atoms with Gasteiger partial charge in [-0.15, -0.1) is 0 Å². The molecule has 26 heavy (non-hydrogen) atoms. The van der Waals surface area contributed by atoms with Crippen molar-refractivity contribution in [2.45, 2.75) is 33.7 Å². The molecule has 136 valence electrons. The minimum atomic E-state index is -0.214. The number of carbonyl (C=O) groups excluding carboxylic acids is 3. The third kappa shape index (κ3) is 5.84. The minimum absolute atomic E-state index is 0.0215. The molecule has 0 unspecified atom stereocenters. The van der Waals surface area contributed by atoms with Crippen molar-refractivity contribution in [3.8, 4) is 0 Å². The van der Waals surface area contributed by atoms with Gasteiger partial charge in [-0.25, -0.2) is 0 Å². The summed E-state index contributed by atoms with van der Waals surface area (Å²) >= 11 is 0. The highest BCUT2D eigenvalue weighted by molar-refractivity contribution is 5.97. The first kappa shape index (κ1) is 19.4. The number of carbonyl (C=O) groups is 3.